The third-order valence-electron chi connectivity index (χ3n) is 2.29. The van der Waals surface area contributed by atoms with Crippen molar-refractivity contribution in [3.05, 3.63) is 6.07 Å². The van der Waals surface area contributed by atoms with Crippen molar-refractivity contribution in [2.24, 2.45) is 5.84 Å². The fourth-order valence-electron chi connectivity index (χ4n) is 1.44. The van der Waals surface area contributed by atoms with Crippen LogP contribution in [0.2, 0.25) is 0 Å². The van der Waals surface area contributed by atoms with Crippen LogP contribution in [0.3, 0.4) is 0 Å². The number of aromatic nitrogens is 2. The van der Waals surface area contributed by atoms with Crippen molar-refractivity contribution in [1.82, 2.24) is 9.97 Å². The number of hydrogen-bond donors (Lipinski definition) is 3. The molecule has 1 heterocycles. The number of hydrogen-bond acceptors (Lipinski definition) is 7. The third-order valence-corrected chi connectivity index (χ3v) is 2.29. The quantitative estimate of drug-likeness (QED) is 0.355. The molecule has 0 amide bonds. The normalized spacial score (nSPS) is 10.3. The van der Waals surface area contributed by atoms with E-state index in [0.717, 1.165) is 18.9 Å². The summed E-state index contributed by atoms with van der Waals surface area (Å²) in [4.78, 5) is 10.2. The maximum Gasteiger partial charge on any atom is 0.223 e. The highest BCUT2D eigenvalue weighted by Crippen LogP contribution is 2.15. The minimum absolute atomic E-state index is 0.199. The fourth-order valence-corrected chi connectivity index (χ4v) is 1.44. The molecule has 0 saturated heterocycles. The molecule has 0 aliphatic rings. The molecule has 0 aliphatic heterocycles. The molecule has 1 aromatic heterocycles. The first-order chi connectivity index (χ1) is 8.21. The van der Waals surface area contributed by atoms with E-state index in [2.05, 4.69) is 20.3 Å². The largest absolute Gasteiger partial charge is 0.380 e. The lowest BCUT2D eigenvalue weighted by Gasteiger charge is -2.22. The fraction of sp³-hybridized carbons (Fsp3) is 0.600. The summed E-state index contributed by atoms with van der Waals surface area (Å²) in [5, 5.41) is 0. The van der Waals surface area contributed by atoms with E-state index in [1.807, 2.05) is 13.8 Å². The van der Waals surface area contributed by atoms with Crippen LogP contribution in [0.25, 0.3) is 0 Å². The van der Waals surface area contributed by atoms with Crippen molar-refractivity contribution in [1.29, 1.82) is 0 Å². The van der Waals surface area contributed by atoms with Crippen molar-refractivity contribution in [2.45, 2.75) is 13.8 Å². The lowest BCUT2D eigenvalue weighted by Crippen LogP contribution is -2.28. The van der Waals surface area contributed by atoms with Gasteiger partial charge < -0.3 is 20.8 Å². The van der Waals surface area contributed by atoms with Crippen LogP contribution >= 0.6 is 0 Å². The smallest absolute Gasteiger partial charge is 0.223 e. The van der Waals surface area contributed by atoms with Gasteiger partial charge in [0.25, 0.3) is 0 Å². The summed E-state index contributed by atoms with van der Waals surface area (Å²) in [6.07, 6.45) is 0. The van der Waals surface area contributed by atoms with Crippen molar-refractivity contribution in [3.8, 4) is 0 Å². The highest BCUT2D eigenvalue weighted by atomic mass is 16.5. The monoisotopic (exact) mass is 240 g/mol. The van der Waals surface area contributed by atoms with Gasteiger partial charge in [0, 0.05) is 25.8 Å². The van der Waals surface area contributed by atoms with Crippen molar-refractivity contribution < 1.29 is 4.74 Å². The summed E-state index contributed by atoms with van der Waals surface area (Å²) < 4.78 is 5.32. The number of nitrogen functional groups attached to an aromatic ring is 2. The molecule has 0 spiro atoms. The van der Waals surface area contributed by atoms with Gasteiger partial charge in [0.05, 0.1) is 6.61 Å². The van der Waals surface area contributed by atoms with Gasteiger partial charge in [0.1, 0.15) is 11.6 Å². The zero-order valence-electron chi connectivity index (χ0n) is 10.3. The van der Waals surface area contributed by atoms with E-state index in [1.54, 1.807) is 6.07 Å². The maximum absolute atomic E-state index is 5.61. The van der Waals surface area contributed by atoms with Crippen LogP contribution in [0, 0.1) is 0 Å². The molecule has 5 N–H and O–H groups in total. The van der Waals surface area contributed by atoms with E-state index in [4.69, 9.17) is 16.3 Å². The van der Waals surface area contributed by atoms with Gasteiger partial charge in [-0.25, -0.2) is 5.84 Å². The number of hydrazine groups is 1. The Morgan fingerprint density at radius 3 is 2.76 bits per heavy atom. The van der Waals surface area contributed by atoms with E-state index < -0.39 is 0 Å². The second-order valence-corrected chi connectivity index (χ2v) is 3.39. The summed E-state index contributed by atoms with van der Waals surface area (Å²) in [6, 6.07) is 1.76. The van der Waals surface area contributed by atoms with Crippen molar-refractivity contribution in [2.75, 3.05) is 42.4 Å². The Balaban J connectivity index is 2.76. The summed E-state index contributed by atoms with van der Waals surface area (Å²) in [5.41, 5.74) is 8.07. The molecule has 1 aromatic rings. The molecule has 0 aliphatic carbocycles. The van der Waals surface area contributed by atoms with Crippen molar-refractivity contribution in [3.63, 3.8) is 0 Å². The number of nitrogens with zero attached hydrogens (tertiary/aromatic N) is 3. The number of rotatable bonds is 7. The Morgan fingerprint density at radius 1 is 1.41 bits per heavy atom. The minimum Gasteiger partial charge on any atom is -0.380 e. The second kappa shape index (κ2) is 6.87. The van der Waals surface area contributed by atoms with E-state index >= 15 is 0 Å². The lowest BCUT2D eigenvalue weighted by molar-refractivity contribution is 0.154. The topological polar surface area (TPSA) is 102 Å². The van der Waals surface area contributed by atoms with Crippen LogP contribution in [-0.4, -0.2) is 36.3 Å². The number of ether oxygens (including phenoxy) is 1. The van der Waals surface area contributed by atoms with Gasteiger partial charge in [0.2, 0.25) is 5.95 Å². The van der Waals surface area contributed by atoms with Gasteiger partial charge in [-0.1, -0.05) is 0 Å². The minimum atomic E-state index is 0.199. The van der Waals surface area contributed by atoms with E-state index in [0.29, 0.717) is 19.0 Å². The Hall–Kier alpha value is -1.60. The molecule has 0 atom stereocenters. The lowest BCUT2D eigenvalue weighted by atomic mass is 10.4. The van der Waals surface area contributed by atoms with Gasteiger partial charge in [-0.3, -0.25) is 0 Å². The van der Waals surface area contributed by atoms with E-state index in [-0.39, 0.29) is 5.95 Å². The Labute approximate surface area is 101 Å². The number of anilines is 3. The van der Waals surface area contributed by atoms with Gasteiger partial charge in [-0.05, 0) is 13.8 Å². The number of likely N-dealkylation sites (N-methyl/N-ethyl adjacent to an activating group) is 1. The Bertz CT molecular complexity index is 346. The molecular formula is C10H20N6O. The summed E-state index contributed by atoms with van der Waals surface area (Å²) in [7, 11) is 0. The molecule has 1 rings (SSSR count). The highest BCUT2D eigenvalue weighted by molar-refractivity contribution is 5.51. The summed E-state index contributed by atoms with van der Waals surface area (Å²) in [6.45, 7) is 6.94. The third kappa shape index (κ3) is 4.04. The predicted octanol–water partition coefficient (Wildman–Crippen LogP) is 0.207. The number of nitrogens with one attached hydrogen (secondary N) is 1. The molecule has 0 saturated carbocycles. The predicted molar refractivity (Wildman–Crippen MR) is 68.6 cm³/mol. The molecule has 0 bridgehead atoms. The zero-order valence-corrected chi connectivity index (χ0v) is 10.3. The maximum atomic E-state index is 5.61. The molecule has 0 unspecified atom stereocenters. The average Bonchev–Trinajstić information content (AvgIpc) is 2.34. The van der Waals surface area contributed by atoms with Crippen LogP contribution < -0.4 is 21.9 Å². The first kappa shape index (κ1) is 13.5. The highest BCUT2D eigenvalue weighted by Gasteiger charge is 2.08. The van der Waals surface area contributed by atoms with E-state index in [1.165, 1.54) is 0 Å². The Kier molecular flexibility index (Phi) is 5.44. The van der Waals surface area contributed by atoms with Crippen LogP contribution in [0.4, 0.5) is 17.6 Å². The molecule has 0 fully saturated rings. The van der Waals surface area contributed by atoms with Crippen LogP contribution in [0.5, 0.6) is 0 Å². The van der Waals surface area contributed by atoms with Crippen molar-refractivity contribution >= 4 is 17.6 Å². The molecule has 0 radical (unpaired) electrons. The van der Waals surface area contributed by atoms with Gasteiger partial charge >= 0.3 is 0 Å². The van der Waals surface area contributed by atoms with E-state index in [9.17, 15) is 0 Å². The van der Waals surface area contributed by atoms with Gasteiger partial charge in [-0.2, -0.15) is 9.97 Å². The van der Waals surface area contributed by atoms with Crippen LogP contribution in [-0.2, 0) is 4.74 Å². The number of nitrogens with two attached hydrogens (primary N) is 2. The second-order valence-electron chi connectivity index (χ2n) is 3.39. The standard InChI is InChI=1S/C10H20N6O/c1-3-16(5-6-17-4-2)9-7-8(15-12)13-10(11)14-9/h7H,3-6,12H2,1-2H3,(H3,11,13,14,15). The first-order valence-electron chi connectivity index (χ1n) is 5.65. The van der Waals surface area contributed by atoms with Gasteiger partial charge in [-0.15, -0.1) is 0 Å². The molecule has 7 nitrogen and oxygen atoms in total. The van der Waals surface area contributed by atoms with Gasteiger partial charge in [0.15, 0.2) is 0 Å². The van der Waals surface area contributed by atoms with Crippen LogP contribution in [0.15, 0.2) is 6.07 Å². The first-order valence-corrected chi connectivity index (χ1v) is 5.65. The average molecular weight is 240 g/mol. The molecule has 17 heavy (non-hydrogen) atoms. The Morgan fingerprint density at radius 2 is 2.18 bits per heavy atom. The summed E-state index contributed by atoms with van der Waals surface area (Å²) >= 11 is 0. The molecule has 7 heteroatoms. The van der Waals surface area contributed by atoms with Crippen LogP contribution in [0.1, 0.15) is 13.8 Å². The molecule has 0 aromatic carbocycles. The zero-order chi connectivity index (χ0) is 12.7. The molecule has 96 valence electrons. The summed E-state index contributed by atoms with van der Waals surface area (Å²) in [5.74, 6) is 6.76. The molecular weight excluding hydrogens is 220 g/mol. The SMILES string of the molecule is CCOCCN(CC)c1cc(NN)nc(N)n1.